The van der Waals surface area contributed by atoms with Gasteiger partial charge in [-0.2, -0.15) is 5.10 Å². The second-order valence-electron chi connectivity index (χ2n) is 5.94. The SMILES string of the molecule is COc1ccc(C2CC(C(=O)N/N=C(/C)c3ccccc3)NN2)cc1. The van der Waals surface area contributed by atoms with Crippen LogP contribution in [0.2, 0.25) is 0 Å². The first-order valence-electron chi connectivity index (χ1n) is 8.22. The van der Waals surface area contributed by atoms with Crippen LogP contribution in [-0.2, 0) is 4.79 Å². The summed E-state index contributed by atoms with van der Waals surface area (Å²) in [6.07, 6.45) is 0.651. The zero-order valence-corrected chi connectivity index (χ0v) is 14.3. The molecular formula is C19H22N4O2. The first-order chi connectivity index (χ1) is 12.2. The van der Waals surface area contributed by atoms with Crippen LogP contribution in [0.5, 0.6) is 5.75 Å². The molecule has 0 saturated carbocycles. The molecular weight excluding hydrogens is 316 g/mol. The lowest BCUT2D eigenvalue weighted by Crippen LogP contribution is -2.41. The number of nitrogens with zero attached hydrogens (tertiary/aromatic N) is 1. The molecule has 2 atom stereocenters. The fraction of sp³-hybridized carbons (Fsp3) is 0.263. The van der Waals surface area contributed by atoms with Gasteiger partial charge in [0.2, 0.25) is 0 Å². The quantitative estimate of drug-likeness (QED) is 0.577. The van der Waals surface area contributed by atoms with Crippen molar-refractivity contribution in [3.05, 3.63) is 65.7 Å². The van der Waals surface area contributed by atoms with Crippen LogP contribution in [0, 0.1) is 0 Å². The Morgan fingerprint density at radius 1 is 1.12 bits per heavy atom. The maximum Gasteiger partial charge on any atom is 0.258 e. The maximum absolute atomic E-state index is 12.3. The van der Waals surface area contributed by atoms with Gasteiger partial charge in [-0.1, -0.05) is 42.5 Å². The molecule has 1 amide bonds. The number of nitrogens with one attached hydrogen (secondary N) is 3. The minimum atomic E-state index is -0.334. The molecule has 1 fully saturated rings. The van der Waals surface area contributed by atoms with Gasteiger partial charge in [-0.05, 0) is 36.6 Å². The number of carbonyl (C=O) groups excluding carboxylic acids is 1. The van der Waals surface area contributed by atoms with Crippen molar-refractivity contribution < 1.29 is 9.53 Å². The highest BCUT2D eigenvalue weighted by atomic mass is 16.5. The van der Waals surface area contributed by atoms with Gasteiger partial charge in [0.15, 0.2) is 0 Å². The smallest absolute Gasteiger partial charge is 0.258 e. The third-order valence-corrected chi connectivity index (χ3v) is 4.26. The number of ether oxygens (including phenoxy) is 1. The zero-order valence-electron chi connectivity index (χ0n) is 14.3. The molecule has 2 aromatic rings. The van der Waals surface area contributed by atoms with E-state index in [0.29, 0.717) is 6.42 Å². The monoisotopic (exact) mass is 338 g/mol. The van der Waals surface area contributed by atoms with Gasteiger partial charge in [0, 0.05) is 6.04 Å². The van der Waals surface area contributed by atoms with Gasteiger partial charge in [0.1, 0.15) is 11.8 Å². The van der Waals surface area contributed by atoms with Crippen LogP contribution in [0.1, 0.15) is 30.5 Å². The van der Waals surface area contributed by atoms with Crippen LogP contribution in [0.3, 0.4) is 0 Å². The summed E-state index contributed by atoms with van der Waals surface area (Å²) in [5.74, 6) is 0.661. The molecule has 1 heterocycles. The van der Waals surface area contributed by atoms with Crippen LogP contribution in [0.15, 0.2) is 59.7 Å². The van der Waals surface area contributed by atoms with Crippen molar-refractivity contribution in [3.8, 4) is 5.75 Å². The van der Waals surface area contributed by atoms with Crippen molar-refractivity contribution >= 4 is 11.6 Å². The Morgan fingerprint density at radius 2 is 1.84 bits per heavy atom. The summed E-state index contributed by atoms with van der Waals surface area (Å²) in [6.45, 7) is 1.87. The first-order valence-corrected chi connectivity index (χ1v) is 8.22. The van der Waals surface area contributed by atoms with Crippen molar-refractivity contribution in [3.63, 3.8) is 0 Å². The molecule has 25 heavy (non-hydrogen) atoms. The molecule has 3 rings (SSSR count). The molecule has 1 saturated heterocycles. The zero-order chi connectivity index (χ0) is 17.6. The van der Waals surface area contributed by atoms with E-state index >= 15 is 0 Å². The predicted molar refractivity (Wildman–Crippen MR) is 97.2 cm³/mol. The summed E-state index contributed by atoms with van der Waals surface area (Å²) in [6, 6.07) is 17.3. The van der Waals surface area contributed by atoms with Crippen LogP contribution in [0.25, 0.3) is 0 Å². The third-order valence-electron chi connectivity index (χ3n) is 4.26. The van der Waals surface area contributed by atoms with Gasteiger partial charge in [-0.3, -0.25) is 4.79 Å². The molecule has 6 nitrogen and oxygen atoms in total. The molecule has 130 valence electrons. The van der Waals surface area contributed by atoms with Crippen LogP contribution < -0.4 is 21.0 Å². The lowest BCUT2D eigenvalue weighted by atomic mass is 10.0. The highest BCUT2D eigenvalue weighted by Gasteiger charge is 2.30. The van der Waals surface area contributed by atoms with E-state index in [1.165, 1.54) is 0 Å². The number of hydrazone groups is 1. The molecule has 0 aliphatic carbocycles. The molecule has 2 unspecified atom stereocenters. The minimum absolute atomic E-state index is 0.0702. The van der Waals surface area contributed by atoms with E-state index in [9.17, 15) is 4.79 Å². The Morgan fingerprint density at radius 3 is 2.52 bits per heavy atom. The van der Waals surface area contributed by atoms with Crippen molar-refractivity contribution in [2.75, 3.05) is 7.11 Å². The summed E-state index contributed by atoms with van der Waals surface area (Å²) in [5.41, 5.74) is 11.7. The maximum atomic E-state index is 12.3. The van der Waals surface area contributed by atoms with Gasteiger partial charge < -0.3 is 4.74 Å². The summed E-state index contributed by atoms with van der Waals surface area (Å²) < 4.78 is 5.17. The van der Waals surface area contributed by atoms with E-state index in [1.54, 1.807) is 7.11 Å². The molecule has 0 spiro atoms. The predicted octanol–water partition coefficient (Wildman–Crippen LogP) is 2.14. The fourth-order valence-corrected chi connectivity index (χ4v) is 2.74. The van der Waals surface area contributed by atoms with Gasteiger partial charge in [0.05, 0.1) is 12.8 Å². The van der Waals surface area contributed by atoms with Crippen molar-refractivity contribution in [1.29, 1.82) is 0 Å². The first kappa shape index (κ1) is 17.1. The van der Waals surface area contributed by atoms with Gasteiger partial charge in [0.25, 0.3) is 5.91 Å². The largest absolute Gasteiger partial charge is 0.497 e. The van der Waals surface area contributed by atoms with E-state index in [1.807, 2.05) is 61.5 Å². The summed E-state index contributed by atoms with van der Waals surface area (Å²) >= 11 is 0. The highest BCUT2D eigenvalue weighted by molar-refractivity contribution is 5.99. The van der Waals surface area contributed by atoms with E-state index in [0.717, 1.165) is 22.6 Å². The second kappa shape index (κ2) is 7.92. The number of rotatable bonds is 5. The van der Waals surface area contributed by atoms with Crippen molar-refractivity contribution in [2.45, 2.75) is 25.4 Å². The molecule has 0 radical (unpaired) electrons. The summed E-state index contributed by atoms with van der Waals surface area (Å²) in [7, 11) is 1.64. The number of benzene rings is 2. The van der Waals surface area contributed by atoms with Crippen LogP contribution in [-0.4, -0.2) is 24.8 Å². The van der Waals surface area contributed by atoms with E-state index in [4.69, 9.17) is 4.74 Å². The average molecular weight is 338 g/mol. The van der Waals surface area contributed by atoms with E-state index in [-0.39, 0.29) is 18.0 Å². The summed E-state index contributed by atoms with van der Waals surface area (Å²) in [5, 5.41) is 4.19. The van der Waals surface area contributed by atoms with Crippen LogP contribution in [0.4, 0.5) is 0 Å². The van der Waals surface area contributed by atoms with Gasteiger partial charge in [-0.15, -0.1) is 0 Å². The Bertz CT molecular complexity index is 744. The van der Waals surface area contributed by atoms with Gasteiger partial charge in [-0.25, -0.2) is 16.3 Å². The number of hydrogen-bond acceptors (Lipinski definition) is 5. The average Bonchev–Trinajstić information content (AvgIpc) is 3.17. The molecule has 6 heteroatoms. The number of amides is 1. The molecule has 1 aliphatic rings. The Kier molecular flexibility index (Phi) is 5.42. The van der Waals surface area contributed by atoms with E-state index in [2.05, 4.69) is 21.4 Å². The highest BCUT2D eigenvalue weighted by Crippen LogP contribution is 2.24. The fourth-order valence-electron chi connectivity index (χ4n) is 2.74. The van der Waals surface area contributed by atoms with Gasteiger partial charge >= 0.3 is 0 Å². The molecule has 2 aromatic carbocycles. The van der Waals surface area contributed by atoms with Crippen LogP contribution >= 0.6 is 0 Å². The topological polar surface area (TPSA) is 74.8 Å². The van der Waals surface area contributed by atoms with Crippen molar-refractivity contribution in [2.24, 2.45) is 5.10 Å². The number of methoxy groups -OCH3 is 1. The number of carbonyl (C=O) groups is 1. The third kappa shape index (κ3) is 4.23. The minimum Gasteiger partial charge on any atom is -0.497 e. The Hall–Kier alpha value is -2.70. The Balaban J connectivity index is 1.57. The van der Waals surface area contributed by atoms with E-state index < -0.39 is 0 Å². The number of hydrazine groups is 1. The second-order valence-corrected chi connectivity index (χ2v) is 5.94. The molecule has 1 aliphatic heterocycles. The standard InChI is InChI=1S/C19H22N4O2/c1-13(14-6-4-3-5-7-14)20-23-19(24)18-12-17(21-22-18)15-8-10-16(25-2)11-9-15/h3-11,17-18,21-22H,12H2,1-2H3,(H,23,24)/b20-13-. The lowest BCUT2D eigenvalue weighted by molar-refractivity contribution is -0.122. The van der Waals surface area contributed by atoms with Crippen molar-refractivity contribution in [1.82, 2.24) is 16.3 Å². The molecule has 0 bridgehead atoms. The molecule has 0 aromatic heterocycles. The Labute approximate surface area is 147 Å². The number of hydrogen-bond donors (Lipinski definition) is 3. The lowest BCUT2D eigenvalue weighted by Gasteiger charge is -2.10. The molecule has 3 N–H and O–H groups in total. The summed E-state index contributed by atoms with van der Waals surface area (Å²) in [4.78, 5) is 12.3. The normalized spacial score (nSPS) is 20.3.